The van der Waals surface area contributed by atoms with Gasteiger partial charge in [0.05, 0.1) is 5.56 Å². The molecule has 1 rings (SSSR count). The lowest BCUT2D eigenvalue weighted by molar-refractivity contribution is 0.00695. The second-order valence-corrected chi connectivity index (χ2v) is 5.43. The van der Waals surface area contributed by atoms with Crippen LogP contribution in [0.3, 0.4) is 0 Å². The van der Waals surface area contributed by atoms with Crippen LogP contribution >= 0.6 is 0 Å². The number of esters is 1. The Bertz CT molecular complexity index is 371. The van der Waals surface area contributed by atoms with Crippen LogP contribution in [0.25, 0.3) is 0 Å². The van der Waals surface area contributed by atoms with Gasteiger partial charge in [0, 0.05) is 0 Å². The standard InChI is InChI=1S/C15H22O2.2CH4/c1-6-11(2)12-7-9-13(10-8-12)14(16)17-15(3,4)5;;/h7-11H,6H2,1-5H3;2*1H4. The smallest absolute Gasteiger partial charge is 0.338 e. The van der Waals surface area contributed by atoms with E-state index in [1.807, 2.05) is 45.0 Å². The fourth-order valence-corrected chi connectivity index (χ4v) is 1.52. The minimum absolute atomic E-state index is 0. The summed E-state index contributed by atoms with van der Waals surface area (Å²) in [6, 6.07) is 7.70. The summed E-state index contributed by atoms with van der Waals surface area (Å²) in [7, 11) is 0. The fourth-order valence-electron chi connectivity index (χ4n) is 1.52. The topological polar surface area (TPSA) is 26.3 Å². The van der Waals surface area contributed by atoms with E-state index in [1.54, 1.807) is 0 Å². The van der Waals surface area contributed by atoms with E-state index in [-0.39, 0.29) is 20.8 Å². The van der Waals surface area contributed by atoms with Crippen molar-refractivity contribution in [3.8, 4) is 0 Å². The molecule has 2 nitrogen and oxygen atoms in total. The van der Waals surface area contributed by atoms with Gasteiger partial charge in [-0.05, 0) is 50.8 Å². The molecule has 1 atom stereocenters. The summed E-state index contributed by atoms with van der Waals surface area (Å²) in [5.74, 6) is 0.274. The molecule has 19 heavy (non-hydrogen) atoms. The van der Waals surface area contributed by atoms with Gasteiger partial charge in [0.15, 0.2) is 0 Å². The van der Waals surface area contributed by atoms with E-state index in [0.717, 1.165) is 6.42 Å². The molecular formula is C17H30O2. The van der Waals surface area contributed by atoms with Crippen LogP contribution in [0, 0.1) is 0 Å². The SMILES string of the molecule is C.C.CCC(C)c1ccc(C(=O)OC(C)(C)C)cc1. The summed E-state index contributed by atoms with van der Waals surface area (Å²) in [5, 5.41) is 0. The highest BCUT2D eigenvalue weighted by Gasteiger charge is 2.17. The molecule has 0 saturated heterocycles. The Morgan fingerprint density at radius 2 is 1.63 bits per heavy atom. The first-order valence-corrected chi connectivity index (χ1v) is 6.17. The molecule has 1 unspecified atom stereocenters. The van der Waals surface area contributed by atoms with E-state index in [1.165, 1.54) is 5.56 Å². The Kier molecular flexibility index (Phi) is 8.41. The van der Waals surface area contributed by atoms with Crippen molar-refractivity contribution in [1.29, 1.82) is 0 Å². The molecule has 2 heteroatoms. The molecule has 0 spiro atoms. The number of carbonyl (C=O) groups is 1. The number of hydrogen-bond acceptors (Lipinski definition) is 2. The second-order valence-electron chi connectivity index (χ2n) is 5.43. The lowest BCUT2D eigenvalue weighted by atomic mass is 9.98. The number of benzene rings is 1. The molecule has 0 radical (unpaired) electrons. The predicted octanol–water partition coefficient (Wildman–Crippen LogP) is 5.43. The van der Waals surface area contributed by atoms with Gasteiger partial charge < -0.3 is 4.74 Å². The van der Waals surface area contributed by atoms with Crippen molar-refractivity contribution >= 4 is 5.97 Å². The van der Waals surface area contributed by atoms with Crippen molar-refractivity contribution in [3.05, 3.63) is 35.4 Å². The maximum absolute atomic E-state index is 11.8. The molecule has 0 heterocycles. The summed E-state index contributed by atoms with van der Waals surface area (Å²) in [4.78, 5) is 11.8. The molecule has 0 amide bonds. The largest absolute Gasteiger partial charge is 0.456 e. The highest BCUT2D eigenvalue weighted by Crippen LogP contribution is 2.20. The maximum Gasteiger partial charge on any atom is 0.338 e. The molecule has 1 aromatic rings. The van der Waals surface area contributed by atoms with Crippen molar-refractivity contribution < 1.29 is 9.53 Å². The first kappa shape index (κ1) is 20.0. The van der Waals surface area contributed by atoms with Crippen molar-refractivity contribution in [1.82, 2.24) is 0 Å². The van der Waals surface area contributed by atoms with Crippen LogP contribution in [0.5, 0.6) is 0 Å². The van der Waals surface area contributed by atoms with Crippen LogP contribution in [-0.2, 0) is 4.74 Å². The predicted molar refractivity (Wildman–Crippen MR) is 83.8 cm³/mol. The van der Waals surface area contributed by atoms with E-state index in [2.05, 4.69) is 13.8 Å². The summed E-state index contributed by atoms with van der Waals surface area (Å²) < 4.78 is 5.31. The summed E-state index contributed by atoms with van der Waals surface area (Å²) in [5.41, 5.74) is 1.44. The molecule has 0 aliphatic heterocycles. The van der Waals surface area contributed by atoms with E-state index in [0.29, 0.717) is 11.5 Å². The van der Waals surface area contributed by atoms with Crippen LogP contribution in [0.15, 0.2) is 24.3 Å². The highest BCUT2D eigenvalue weighted by atomic mass is 16.6. The molecular weight excluding hydrogens is 236 g/mol. The van der Waals surface area contributed by atoms with Gasteiger partial charge in [-0.2, -0.15) is 0 Å². The third-order valence-electron chi connectivity index (χ3n) is 2.73. The van der Waals surface area contributed by atoms with Gasteiger partial charge in [-0.25, -0.2) is 4.79 Å². The molecule has 0 saturated carbocycles. The average Bonchev–Trinajstić information content (AvgIpc) is 2.26. The molecule has 0 bridgehead atoms. The minimum atomic E-state index is -0.438. The molecule has 0 N–H and O–H groups in total. The van der Waals surface area contributed by atoms with Crippen LogP contribution in [-0.4, -0.2) is 11.6 Å². The Labute approximate surface area is 119 Å². The van der Waals surface area contributed by atoms with Gasteiger partial charge in [-0.3, -0.25) is 0 Å². The van der Waals surface area contributed by atoms with Crippen molar-refractivity contribution in [2.75, 3.05) is 0 Å². The molecule has 0 aromatic heterocycles. The Balaban J connectivity index is 0. The maximum atomic E-state index is 11.8. The Morgan fingerprint density at radius 1 is 1.16 bits per heavy atom. The zero-order valence-corrected chi connectivity index (χ0v) is 11.4. The summed E-state index contributed by atoms with van der Waals surface area (Å²) in [6.45, 7) is 9.96. The third-order valence-corrected chi connectivity index (χ3v) is 2.73. The first-order chi connectivity index (χ1) is 7.83. The minimum Gasteiger partial charge on any atom is -0.456 e. The zero-order chi connectivity index (χ0) is 13.1. The molecule has 0 fully saturated rings. The van der Waals surface area contributed by atoms with Gasteiger partial charge in [-0.15, -0.1) is 0 Å². The quantitative estimate of drug-likeness (QED) is 0.682. The number of rotatable bonds is 3. The van der Waals surface area contributed by atoms with Crippen LogP contribution < -0.4 is 0 Å². The van der Waals surface area contributed by atoms with Crippen LogP contribution in [0.1, 0.15) is 77.7 Å². The van der Waals surface area contributed by atoms with E-state index in [9.17, 15) is 4.79 Å². The summed E-state index contributed by atoms with van der Waals surface area (Å²) >= 11 is 0. The molecule has 1 aromatic carbocycles. The monoisotopic (exact) mass is 266 g/mol. The summed E-state index contributed by atoms with van der Waals surface area (Å²) in [6.07, 6.45) is 1.10. The average molecular weight is 266 g/mol. The van der Waals surface area contributed by atoms with Crippen LogP contribution in [0.4, 0.5) is 0 Å². The molecule has 110 valence electrons. The first-order valence-electron chi connectivity index (χ1n) is 6.17. The lowest BCUT2D eigenvalue weighted by Gasteiger charge is -2.19. The molecule has 0 aliphatic carbocycles. The van der Waals surface area contributed by atoms with Gasteiger partial charge >= 0.3 is 5.97 Å². The van der Waals surface area contributed by atoms with E-state index < -0.39 is 5.60 Å². The normalized spacial score (nSPS) is 11.8. The lowest BCUT2D eigenvalue weighted by Crippen LogP contribution is -2.23. The van der Waals surface area contributed by atoms with E-state index in [4.69, 9.17) is 4.74 Å². The third kappa shape index (κ3) is 6.42. The van der Waals surface area contributed by atoms with Crippen molar-refractivity contribution in [2.24, 2.45) is 0 Å². The van der Waals surface area contributed by atoms with Crippen LogP contribution in [0.2, 0.25) is 0 Å². The Morgan fingerprint density at radius 3 is 2.00 bits per heavy atom. The molecule has 0 aliphatic rings. The number of carbonyl (C=O) groups excluding carboxylic acids is 1. The van der Waals surface area contributed by atoms with Gasteiger partial charge in [0.1, 0.15) is 5.60 Å². The van der Waals surface area contributed by atoms with Gasteiger partial charge in [-0.1, -0.05) is 40.8 Å². The number of ether oxygens (including phenoxy) is 1. The van der Waals surface area contributed by atoms with Crippen molar-refractivity contribution in [3.63, 3.8) is 0 Å². The van der Waals surface area contributed by atoms with E-state index >= 15 is 0 Å². The Hall–Kier alpha value is -1.31. The van der Waals surface area contributed by atoms with Crippen molar-refractivity contribution in [2.45, 2.75) is 67.4 Å². The second kappa shape index (κ2) is 7.98. The highest BCUT2D eigenvalue weighted by molar-refractivity contribution is 5.89. The van der Waals surface area contributed by atoms with Gasteiger partial charge in [0.25, 0.3) is 0 Å². The zero-order valence-electron chi connectivity index (χ0n) is 11.4. The fraction of sp³-hybridized carbons (Fsp3) is 0.588. The van der Waals surface area contributed by atoms with Gasteiger partial charge in [0.2, 0.25) is 0 Å². The number of hydrogen-bond donors (Lipinski definition) is 0.